The van der Waals surface area contributed by atoms with Gasteiger partial charge in [0.25, 0.3) is 6.43 Å². The van der Waals surface area contributed by atoms with Gasteiger partial charge in [-0.25, -0.2) is 27.2 Å². The summed E-state index contributed by atoms with van der Waals surface area (Å²) in [5.41, 5.74) is -0.430. The first-order valence-electron chi connectivity index (χ1n) is 13.8. The molecule has 2 fully saturated rings. The number of alkyl halides is 2. The van der Waals surface area contributed by atoms with Crippen LogP contribution in [0.25, 0.3) is 27.1 Å². The number of benzene rings is 1. The van der Waals surface area contributed by atoms with Gasteiger partial charge in [-0.15, -0.1) is 10.2 Å². The van der Waals surface area contributed by atoms with Crippen molar-refractivity contribution in [1.82, 2.24) is 34.4 Å². The molecule has 43 heavy (non-hydrogen) atoms. The molecule has 4 aromatic rings. The Morgan fingerprint density at radius 1 is 1.16 bits per heavy atom. The minimum Gasteiger partial charge on any atom is -0.352 e. The predicted octanol–water partition coefficient (Wildman–Crippen LogP) is 3.78. The lowest BCUT2D eigenvalue weighted by molar-refractivity contribution is -0.139. The van der Waals surface area contributed by atoms with Crippen molar-refractivity contribution in [3.8, 4) is 11.2 Å². The highest BCUT2D eigenvalue weighted by molar-refractivity contribution is 7.89. The van der Waals surface area contributed by atoms with E-state index in [1.807, 2.05) is 38.7 Å². The second-order valence-corrected chi connectivity index (χ2v) is 14.1. The van der Waals surface area contributed by atoms with Gasteiger partial charge in [0.2, 0.25) is 21.1 Å². The molecule has 1 saturated carbocycles. The fraction of sp³-hybridized carbons (Fsp3) is 0.481. The average molecular weight is 630 g/mol. The van der Waals surface area contributed by atoms with E-state index in [4.69, 9.17) is 0 Å². The van der Waals surface area contributed by atoms with Gasteiger partial charge in [0.15, 0.2) is 10.7 Å². The Labute approximate surface area is 250 Å². The molecule has 12 nitrogen and oxygen atoms in total. The molecule has 2 atom stereocenters. The second-order valence-electron chi connectivity index (χ2n) is 11.4. The van der Waals surface area contributed by atoms with E-state index >= 15 is 0 Å². The van der Waals surface area contributed by atoms with E-state index in [1.54, 1.807) is 6.07 Å². The van der Waals surface area contributed by atoms with Crippen LogP contribution in [0.5, 0.6) is 0 Å². The third-order valence-corrected chi connectivity index (χ3v) is 10.3. The smallest absolute Gasteiger partial charge is 0.291 e. The number of hydrogen-bond donors (Lipinski definition) is 1. The third kappa shape index (κ3) is 4.98. The van der Waals surface area contributed by atoms with Crippen LogP contribution in [0, 0.1) is 17.2 Å². The lowest BCUT2D eigenvalue weighted by Crippen LogP contribution is -2.59. The van der Waals surface area contributed by atoms with Gasteiger partial charge in [0.05, 0.1) is 21.9 Å². The van der Waals surface area contributed by atoms with Gasteiger partial charge in [0.1, 0.15) is 17.7 Å². The molecule has 6 rings (SSSR count). The van der Waals surface area contributed by atoms with Crippen LogP contribution in [-0.4, -0.2) is 74.7 Å². The maximum absolute atomic E-state index is 13.5. The van der Waals surface area contributed by atoms with E-state index < -0.39 is 27.0 Å². The lowest BCUT2D eigenvalue weighted by atomic mass is 10.0. The van der Waals surface area contributed by atoms with Crippen molar-refractivity contribution in [2.75, 3.05) is 18.0 Å². The largest absolute Gasteiger partial charge is 0.352 e. The van der Waals surface area contributed by atoms with Crippen molar-refractivity contribution in [3.63, 3.8) is 0 Å². The molecular formula is C27H29F2N9O3S2. The summed E-state index contributed by atoms with van der Waals surface area (Å²) in [5.74, 6) is 0.493. The molecule has 3 aromatic heterocycles. The predicted molar refractivity (Wildman–Crippen MR) is 156 cm³/mol. The van der Waals surface area contributed by atoms with Gasteiger partial charge in [-0.3, -0.25) is 9.36 Å². The van der Waals surface area contributed by atoms with Crippen molar-refractivity contribution < 1.29 is 22.0 Å². The molecule has 1 saturated heterocycles. The molecule has 226 valence electrons. The molecule has 1 aromatic carbocycles. The molecule has 16 heteroatoms. The number of nitrogens with one attached hydrogen (secondary N) is 1. The maximum Gasteiger partial charge on any atom is 0.291 e. The Hall–Kier alpha value is -3.81. The zero-order valence-electron chi connectivity index (χ0n) is 23.8. The van der Waals surface area contributed by atoms with Gasteiger partial charge in [-0.05, 0) is 38.8 Å². The van der Waals surface area contributed by atoms with Crippen LogP contribution in [0.3, 0.4) is 0 Å². The number of fused-ring (bicyclic) bond motifs is 3. The van der Waals surface area contributed by atoms with Crippen molar-refractivity contribution >= 4 is 55.0 Å². The summed E-state index contributed by atoms with van der Waals surface area (Å²) in [7, 11) is -4.09. The number of hydrogen-bond acceptors (Lipinski definition) is 10. The molecule has 2 aliphatic rings. The maximum atomic E-state index is 13.5. The van der Waals surface area contributed by atoms with Gasteiger partial charge < -0.3 is 9.80 Å². The van der Waals surface area contributed by atoms with E-state index in [2.05, 4.69) is 29.8 Å². The molecule has 0 spiro atoms. The standard InChI is InChI=1S/C27H29F2N9O3S2/c1-14(2)25(39)37-15(3)10-36(11-16(37)4)22-20-18-6-5-17(43(40,41)35-27(12-30)7-8-27)9-19(18)38(23(20)32-13-31-22)26-34-33-24(42-26)21(28)29/h5-6,9,13-16,21,35H,7-8,10-11H2,1-4H3/t15-,16-/m1/s1. The molecule has 1 N–H and O–H groups in total. The van der Waals surface area contributed by atoms with E-state index in [0.717, 1.165) is 0 Å². The van der Waals surface area contributed by atoms with Crippen LogP contribution < -0.4 is 9.62 Å². The number of sulfonamides is 1. The number of amides is 1. The minimum absolute atomic E-state index is 0.0712. The first-order chi connectivity index (χ1) is 20.4. The number of carbonyl (C=O) groups excluding carboxylic acids is 1. The van der Waals surface area contributed by atoms with Crippen molar-refractivity contribution in [2.24, 2.45) is 5.92 Å². The molecule has 1 amide bonds. The second kappa shape index (κ2) is 10.4. The zero-order valence-corrected chi connectivity index (χ0v) is 25.5. The molecular weight excluding hydrogens is 600 g/mol. The Kier molecular flexibility index (Phi) is 7.09. The summed E-state index contributed by atoms with van der Waals surface area (Å²) in [4.78, 5) is 25.9. The number of nitrogens with zero attached hydrogens (tertiary/aromatic N) is 8. The SMILES string of the molecule is CC(C)C(=O)N1[C@H](C)CN(c2ncnc3c2c2ccc(S(=O)(=O)NC4(C#N)CC4)cc2n3-c2nnc(C(F)F)s2)C[C@H]1C. The Morgan fingerprint density at radius 2 is 1.86 bits per heavy atom. The number of halogens is 2. The number of nitriles is 1. The van der Waals surface area contributed by atoms with E-state index in [9.17, 15) is 27.3 Å². The summed E-state index contributed by atoms with van der Waals surface area (Å²) >= 11 is 0.678. The van der Waals surface area contributed by atoms with Crippen molar-refractivity contribution in [1.29, 1.82) is 5.26 Å². The van der Waals surface area contributed by atoms with E-state index in [1.165, 1.54) is 23.0 Å². The Balaban J connectivity index is 1.52. The number of carbonyl (C=O) groups is 1. The summed E-state index contributed by atoms with van der Waals surface area (Å²) in [6.45, 7) is 8.69. The van der Waals surface area contributed by atoms with Crippen LogP contribution >= 0.6 is 11.3 Å². The molecule has 1 aliphatic carbocycles. The average Bonchev–Trinajstić information content (AvgIpc) is 3.40. The van der Waals surface area contributed by atoms with E-state index in [0.29, 0.717) is 65.0 Å². The molecule has 4 heterocycles. The first kappa shape index (κ1) is 29.3. The number of rotatable bonds is 7. The monoisotopic (exact) mass is 629 g/mol. The summed E-state index contributed by atoms with van der Waals surface area (Å²) in [5, 5.41) is 17.8. The summed E-state index contributed by atoms with van der Waals surface area (Å²) < 4.78 is 57.6. The van der Waals surface area contributed by atoms with E-state index in [-0.39, 0.29) is 33.9 Å². The Morgan fingerprint density at radius 3 is 2.44 bits per heavy atom. The first-order valence-corrected chi connectivity index (χ1v) is 16.1. The highest BCUT2D eigenvalue weighted by Crippen LogP contribution is 2.40. The molecule has 0 bridgehead atoms. The van der Waals surface area contributed by atoms with Crippen LogP contribution in [-0.2, 0) is 14.8 Å². The summed E-state index contributed by atoms with van der Waals surface area (Å²) in [6.07, 6.45) is -0.638. The lowest BCUT2D eigenvalue weighted by Gasteiger charge is -2.45. The van der Waals surface area contributed by atoms with Gasteiger partial charge in [0, 0.05) is 36.5 Å². The van der Waals surface area contributed by atoms with Crippen LogP contribution in [0.15, 0.2) is 29.4 Å². The molecule has 0 unspecified atom stereocenters. The topological polar surface area (TPSA) is 150 Å². The molecule has 1 aliphatic heterocycles. The highest BCUT2D eigenvalue weighted by atomic mass is 32.2. The minimum atomic E-state index is -4.09. The molecule has 0 radical (unpaired) electrons. The number of anilines is 1. The number of aromatic nitrogens is 5. The normalized spacial score (nSPS) is 20.3. The van der Waals surface area contributed by atoms with Crippen LogP contribution in [0.2, 0.25) is 0 Å². The quantitative estimate of drug-likeness (QED) is 0.322. The fourth-order valence-electron chi connectivity index (χ4n) is 5.71. The van der Waals surface area contributed by atoms with Crippen LogP contribution in [0.4, 0.5) is 14.6 Å². The number of piperazine rings is 1. The fourth-order valence-corrected chi connectivity index (χ4v) is 7.82. The highest BCUT2D eigenvalue weighted by Gasteiger charge is 2.47. The van der Waals surface area contributed by atoms with Crippen LogP contribution in [0.1, 0.15) is 52.0 Å². The van der Waals surface area contributed by atoms with Gasteiger partial charge in [-0.2, -0.15) is 9.98 Å². The Bertz CT molecular complexity index is 1880. The van der Waals surface area contributed by atoms with Crippen molar-refractivity contribution in [3.05, 3.63) is 29.5 Å². The van der Waals surface area contributed by atoms with Gasteiger partial charge >= 0.3 is 0 Å². The third-order valence-electron chi connectivity index (χ3n) is 7.88. The van der Waals surface area contributed by atoms with Crippen molar-refractivity contribution in [2.45, 2.75) is 69.5 Å². The summed E-state index contributed by atoms with van der Waals surface area (Å²) in [6, 6.07) is 6.27. The van der Waals surface area contributed by atoms with Gasteiger partial charge in [-0.1, -0.05) is 31.3 Å². The zero-order chi connectivity index (χ0) is 30.8.